The number of hydrogen-bond donors (Lipinski definition) is 1. The Balaban J connectivity index is 2.55. The van der Waals surface area contributed by atoms with Gasteiger partial charge < -0.3 is 10.1 Å². The number of nitrogens with zero attached hydrogens (tertiary/aromatic N) is 4. The lowest BCUT2D eigenvalue weighted by Gasteiger charge is -2.19. The van der Waals surface area contributed by atoms with Crippen LogP contribution in [0.15, 0.2) is 6.33 Å². The van der Waals surface area contributed by atoms with E-state index in [1.165, 1.54) is 18.1 Å². The molecule has 1 heterocycles. The molecule has 0 aliphatic carbocycles. The molecule has 17 heavy (non-hydrogen) atoms. The van der Waals surface area contributed by atoms with E-state index < -0.39 is 12.0 Å². The molecule has 0 aliphatic heterocycles. The quantitative estimate of drug-likeness (QED) is 0.663. The molecule has 0 spiro atoms. The van der Waals surface area contributed by atoms with Crippen LogP contribution in [0.3, 0.4) is 0 Å². The predicted molar refractivity (Wildman–Crippen MR) is 56.6 cm³/mol. The van der Waals surface area contributed by atoms with Gasteiger partial charge in [-0.05, 0) is 16.3 Å². The summed E-state index contributed by atoms with van der Waals surface area (Å²) in [6.07, 6.45) is 1.32. The van der Waals surface area contributed by atoms with Gasteiger partial charge >= 0.3 is 5.97 Å². The van der Waals surface area contributed by atoms with Gasteiger partial charge in [-0.3, -0.25) is 4.79 Å². The van der Waals surface area contributed by atoms with E-state index in [0.29, 0.717) is 0 Å². The predicted octanol–water partition coefficient (Wildman–Crippen LogP) is -1.01. The molecule has 1 atom stereocenters. The Hall–Kier alpha value is -1.99. The molecule has 0 radical (unpaired) electrons. The van der Waals surface area contributed by atoms with E-state index in [2.05, 4.69) is 25.6 Å². The van der Waals surface area contributed by atoms with Gasteiger partial charge in [-0.2, -0.15) is 0 Å². The standard InChI is InChI=1S/C9H15N5O3/c1-6(2)8(9(16)17-3)11-7(15)4-14-5-10-12-13-14/h5-6,8H,4H2,1-3H3,(H,11,15). The van der Waals surface area contributed by atoms with Crippen molar-refractivity contribution in [3.63, 3.8) is 0 Å². The first-order chi connectivity index (χ1) is 8.04. The molecule has 0 saturated carbocycles. The molecule has 1 aromatic rings. The molecule has 0 fully saturated rings. The summed E-state index contributed by atoms with van der Waals surface area (Å²) in [6.45, 7) is 3.60. The number of tetrazole rings is 1. The molecule has 8 heteroatoms. The number of nitrogens with one attached hydrogen (secondary N) is 1. The minimum Gasteiger partial charge on any atom is -0.467 e. The van der Waals surface area contributed by atoms with Crippen LogP contribution in [0.1, 0.15) is 13.8 Å². The average molecular weight is 241 g/mol. The molecular formula is C9H15N5O3. The number of aromatic nitrogens is 4. The molecule has 1 unspecified atom stereocenters. The molecule has 94 valence electrons. The van der Waals surface area contributed by atoms with E-state index in [1.54, 1.807) is 0 Å². The van der Waals surface area contributed by atoms with Gasteiger partial charge in [0.25, 0.3) is 0 Å². The molecule has 0 aromatic carbocycles. The number of rotatable bonds is 5. The Morgan fingerprint density at radius 3 is 2.65 bits per heavy atom. The number of ether oxygens (including phenoxy) is 1. The van der Waals surface area contributed by atoms with Crippen LogP contribution in [0.4, 0.5) is 0 Å². The van der Waals surface area contributed by atoms with Crippen molar-refractivity contribution in [3.8, 4) is 0 Å². The second-order valence-electron chi connectivity index (χ2n) is 3.82. The highest BCUT2D eigenvalue weighted by molar-refractivity contribution is 5.84. The summed E-state index contributed by atoms with van der Waals surface area (Å²) >= 11 is 0. The van der Waals surface area contributed by atoms with Gasteiger partial charge in [0, 0.05) is 0 Å². The third kappa shape index (κ3) is 3.82. The molecule has 1 amide bonds. The zero-order chi connectivity index (χ0) is 12.8. The Bertz CT molecular complexity index is 376. The van der Waals surface area contributed by atoms with E-state index in [1.807, 2.05) is 13.8 Å². The lowest BCUT2D eigenvalue weighted by atomic mass is 10.0. The summed E-state index contributed by atoms with van der Waals surface area (Å²) in [5.74, 6) is -0.869. The second kappa shape index (κ2) is 5.92. The Kier molecular flexibility index (Phi) is 4.56. The van der Waals surface area contributed by atoms with Gasteiger partial charge in [-0.15, -0.1) is 5.10 Å². The van der Waals surface area contributed by atoms with Crippen LogP contribution >= 0.6 is 0 Å². The van der Waals surface area contributed by atoms with Crippen molar-refractivity contribution in [2.45, 2.75) is 26.4 Å². The van der Waals surface area contributed by atoms with Gasteiger partial charge in [0.2, 0.25) is 5.91 Å². The summed E-state index contributed by atoms with van der Waals surface area (Å²) in [6, 6.07) is -0.663. The minimum absolute atomic E-state index is 0.0345. The average Bonchev–Trinajstić information content (AvgIpc) is 2.77. The third-order valence-electron chi connectivity index (χ3n) is 2.14. The number of hydrogen-bond acceptors (Lipinski definition) is 6. The summed E-state index contributed by atoms with van der Waals surface area (Å²) in [7, 11) is 1.28. The largest absolute Gasteiger partial charge is 0.467 e. The molecule has 1 rings (SSSR count). The number of amides is 1. The monoisotopic (exact) mass is 241 g/mol. The second-order valence-corrected chi connectivity index (χ2v) is 3.82. The van der Waals surface area contributed by atoms with Crippen molar-refractivity contribution in [1.82, 2.24) is 25.5 Å². The van der Waals surface area contributed by atoms with Crippen molar-refractivity contribution in [1.29, 1.82) is 0 Å². The lowest BCUT2D eigenvalue weighted by Crippen LogP contribution is -2.46. The summed E-state index contributed by atoms with van der Waals surface area (Å²) in [4.78, 5) is 23.0. The van der Waals surface area contributed by atoms with Crippen molar-refractivity contribution in [2.75, 3.05) is 7.11 Å². The van der Waals surface area contributed by atoms with Gasteiger partial charge in [0.05, 0.1) is 7.11 Å². The zero-order valence-electron chi connectivity index (χ0n) is 9.95. The van der Waals surface area contributed by atoms with Crippen molar-refractivity contribution >= 4 is 11.9 Å². The number of esters is 1. The molecule has 1 aromatic heterocycles. The van der Waals surface area contributed by atoms with Crippen LogP contribution in [0.2, 0.25) is 0 Å². The minimum atomic E-state index is -0.663. The van der Waals surface area contributed by atoms with Crippen LogP contribution in [0.25, 0.3) is 0 Å². The molecular weight excluding hydrogens is 226 g/mol. The van der Waals surface area contributed by atoms with Crippen LogP contribution in [-0.2, 0) is 20.9 Å². The lowest BCUT2D eigenvalue weighted by molar-refractivity contribution is -0.146. The maximum atomic E-state index is 11.6. The first kappa shape index (κ1) is 13.1. The molecule has 0 saturated heterocycles. The van der Waals surface area contributed by atoms with Gasteiger partial charge in [-0.25, -0.2) is 9.48 Å². The first-order valence-electron chi connectivity index (χ1n) is 5.12. The first-order valence-corrected chi connectivity index (χ1v) is 5.12. The molecule has 8 nitrogen and oxygen atoms in total. The SMILES string of the molecule is COC(=O)C(NC(=O)Cn1cnnn1)C(C)C. The van der Waals surface area contributed by atoms with E-state index >= 15 is 0 Å². The molecule has 0 bridgehead atoms. The highest BCUT2D eigenvalue weighted by Crippen LogP contribution is 2.03. The highest BCUT2D eigenvalue weighted by Gasteiger charge is 2.24. The third-order valence-corrected chi connectivity index (χ3v) is 2.14. The molecule has 1 N–H and O–H groups in total. The Morgan fingerprint density at radius 2 is 2.18 bits per heavy atom. The van der Waals surface area contributed by atoms with E-state index in [4.69, 9.17) is 0 Å². The Morgan fingerprint density at radius 1 is 1.47 bits per heavy atom. The summed E-state index contributed by atoms with van der Waals surface area (Å²) in [5, 5.41) is 12.9. The van der Waals surface area contributed by atoms with Crippen LogP contribution < -0.4 is 5.32 Å². The zero-order valence-corrected chi connectivity index (χ0v) is 9.95. The van der Waals surface area contributed by atoms with Crippen LogP contribution in [0.5, 0.6) is 0 Å². The number of carbonyl (C=O) groups is 2. The fourth-order valence-electron chi connectivity index (χ4n) is 1.24. The van der Waals surface area contributed by atoms with Gasteiger partial charge in [0.1, 0.15) is 18.9 Å². The van der Waals surface area contributed by atoms with Crippen molar-refractivity contribution in [2.24, 2.45) is 5.92 Å². The maximum Gasteiger partial charge on any atom is 0.328 e. The van der Waals surface area contributed by atoms with Gasteiger partial charge in [-0.1, -0.05) is 13.8 Å². The van der Waals surface area contributed by atoms with E-state index in [-0.39, 0.29) is 18.4 Å². The molecule has 0 aliphatic rings. The topological polar surface area (TPSA) is 99.0 Å². The summed E-state index contributed by atoms with van der Waals surface area (Å²) in [5.41, 5.74) is 0. The van der Waals surface area contributed by atoms with Crippen molar-refractivity contribution < 1.29 is 14.3 Å². The highest BCUT2D eigenvalue weighted by atomic mass is 16.5. The van der Waals surface area contributed by atoms with Crippen LogP contribution in [0, 0.1) is 5.92 Å². The smallest absolute Gasteiger partial charge is 0.328 e. The fraction of sp³-hybridized carbons (Fsp3) is 0.667. The van der Waals surface area contributed by atoms with E-state index in [0.717, 1.165) is 0 Å². The Labute approximate surface area is 98.3 Å². The number of carbonyl (C=O) groups excluding carboxylic acids is 2. The van der Waals surface area contributed by atoms with Gasteiger partial charge in [0.15, 0.2) is 0 Å². The summed E-state index contributed by atoms with van der Waals surface area (Å²) < 4.78 is 5.88. The maximum absolute atomic E-state index is 11.6. The number of methoxy groups -OCH3 is 1. The van der Waals surface area contributed by atoms with E-state index in [9.17, 15) is 9.59 Å². The normalized spacial score (nSPS) is 12.2. The fourth-order valence-corrected chi connectivity index (χ4v) is 1.24. The van der Waals surface area contributed by atoms with Crippen LogP contribution in [-0.4, -0.2) is 45.2 Å². The van der Waals surface area contributed by atoms with Crippen molar-refractivity contribution in [3.05, 3.63) is 6.33 Å².